The molecule has 4 rings (SSSR count). The van der Waals surface area contributed by atoms with Crippen molar-refractivity contribution in [2.24, 2.45) is 0 Å². The summed E-state index contributed by atoms with van der Waals surface area (Å²) in [5, 5.41) is 0. The summed E-state index contributed by atoms with van der Waals surface area (Å²) in [6, 6.07) is 24.3. The van der Waals surface area contributed by atoms with E-state index in [1.54, 1.807) is 17.0 Å². The van der Waals surface area contributed by atoms with Crippen LogP contribution in [0.2, 0.25) is 0 Å². The number of anilines is 1. The predicted molar refractivity (Wildman–Crippen MR) is 118 cm³/mol. The fourth-order valence-electron chi connectivity index (χ4n) is 3.35. The van der Waals surface area contributed by atoms with Crippen molar-refractivity contribution in [1.29, 1.82) is 0 Å². The van der Waals surface area contributed by atoms with Crippen LogP contribution in [0.5, 0.6) is 0 Å². The van der Waals surface area contributed by atoms with Gasteiger partial charge in [-0.05, 0) is 46.9 Å². The molecule has 0 spiro atoms. The molecule has 0 aromatic heterocycles. The second-order valence-electron chi connectivity index (χ2n) is 6.22. The Bertz CT molecular complexity index is 1110. The quantitative estimate of drug-likeness (QED) is 0.372. The molecule has 0 bridgehead atoms. The summed E-state index contributed by atoms with van der Waals surface area (Å²) in [6.07, 6.45) is 0. The minimum Gasteiger partial charge on any atom is -0.465 e. The zero-order valence-electron chi connectivity index (χ0n) is 15.1. The van der Waals surface area contributed by atoms with Crippen LogP contribution in [-0.2, 0) is 4.74 Å². The summed E-state index contributed by atoms with van der Waals surface area (Å²) in [6.45, 7) is 0. The highest BCUT2D eigenvalue weighted by atomic mass is 127. The van der Waals surface area contributed by atoms with Gasteiger partial charge in [0.2, 0.25) is 0 Å². The van der Waals surface area contributed by atoms with Crippen LogP contribution in [-0.4, -0.2) is 19.0 Å². The number of carbonyl (C=O) groups excluding carboxylic acids is 2. The van der Waals surface area contributed by atoms with Crippen molar-refractivity contribution in [1.82, 2.24) is 0 Å². The van der Waals surface area contributed by atoms with Crippen LogP contribution in [0.15, 0.2) is 78.9 Å². The summed E-state index contributed by atoms with van der Waals surface area (Å²) in [4.78, 5) is 27.2. The Labute approximate surface area is 176 Å². The van der Waals surface area contributed by atoms with Gasteiger partial charge in [-0.1, -0.05) is 54.6 Å². The van der Waals surface area contributed by atoms with Gasteiger partial charge in [-0.2, -0.15) is 0 Å². The van der Waals surface area contributed by atoms with E-state index in [0.717, 1.165) is 26.1 Å². The third kappa shape index (κ3) is 3.01. The second-order valence-corrected chi connectivity index (χ2v) is 7.30. The Morgan fingerprint density at radius 1 is 0.821 bits per heavy atom. The van der Waals surface area contributed by atoms with Crippen molar-refractivity contribution in [3.05, 3.63) is 101 Å². The normalized spacial score (nSPS) is 14.6. The monoisotopic (exact) mass is 481 g/mol. The number of amides is 1. The van der Waals surface area contributed by atoms with Crippen LogP contribution in [0.1, 0.15) is 31.8 Å². The summed E-state index contributed by atoms with van der Waals surface area (Å²) in [7, 11) is 1.36. The van der Waals surface area contributed by atoms with E-state index in [0.29, 0.717) is 11.1 Å². The third-order valence-electron chi connectivity index (χ3n) is 4.63. The maximum atomic E-state index is 13.2. The van der Waals surface area contributed by atoms with E-state index in [1.807, 2.05) is 66.7 Å². The molecule has 4 nitrogen and oxygen atoms in total. The Balaban J connectivity index is 2.00. The van der Waals surface area contributed by atoms with E-state index in [-0.39, 0.29) is 5.91 Å². The number of halogens is 1. The number of ether oxygens (including phenoxy) is 1. The van der Waals surface area contributed by atoms with Gasteiger partial charge in [-0.15, -0.1) is 0 Å². The van der Waals surface area contributed by atoms with E-state index in [4.69, 9.17) is 4.74 Å². The van der Waals surface area contributed by atoms with Crippen molar-refractivity contribution in [3.63, 3.8) is 0 Å². The van der Waals surface area contributed by atoms with Crippen molar-refractivity contribution < 1.29 is 14.3 Å². The van der Waals surface area contributed by atoms with Crippen LogP contribution < -0.4 is 4.90 Å². The molecule has 3 aromatic carbocycles. The Morgan fingerprint density at radius 3 is 2.07 bits per heavy atom. The lowest BCUT2D eigenvalue weighted by Crippen LogP contribution is -2.22. The standard InChI is InChI=1S/C23H16INO3/c1-28-23(27)19-14-8-5-11-16(19)20(24)21-17-12-6-7-13-18(17)22(26)25(21)15-9-3-2-4-10-15/h2-14H,1H3/b21-20-. The van der Waals surface area contributed by atoms with Gasteiger partial charge in [0.25, 0.3) is 5.91 Å². The molecule has 1 heterocycles. The van der Waals surface area contributed by atoms with Crippen LogP contribution in [0.25, 0.3) is 9.28 Å². The van der Waals surface area contributed by atoms with E-state index >= 15 is 0 Å². The van der Waals surface area contributed by atoms with Crippen LogP contribution in [0.4, 0.5) is 5.69 Å². The molecule has 1 aliphatic heterocycles. The molecule has 138 valence electrons. The molecule has 0 fully saturated rings. The summed E-state index contributed by atoms with van der Waals surface area (Å²) < 4.78 is 5.75. The van der Waals surface area contributed by atoms with Crippen LogP contribution in [0.3, 0.4) is 0 Å². The van der Waals surface area contributed by atoms with Gasteiger partial charge < -0.3 is 4.74 Å². The number of methoxy groups -OCH3 is 1. The van der Waals surface area contributed by atoms with Gasteiger partial charge in [0.05, 0.1) is 18.4 Å². The van der Waals surface area contributed by atoms with Crippen molar-refractivity contribution in [2.45, 2.75) is 0 Å². The predicted octanol–water partition coefficient (Wildman–Crippen LogP) is 5.39. The summed E-state index contributed by atoms with van der Waals surface area (Å²) >= 11 is 2.21. The first-order valence-corrected chi connectivity index (χ1v) is 9.77. The number of nitrogens with zero attached hydrogens (tertiary/aromatic N) is 1. The Hall–Kier alpha value is -2.93. The minimum absolute atomic E-state index is 0.0819. The fourth-order valence-corrected chi connectivity index (χ4v) is 4.35. The van der Waals surface area contributed by atoms with Crippen molar-refractivity contribution in [2.75, 3.05) is 12.0 Å². The van der Waals surface area contributed by atoms with Gasteiger partial charge in [0.1, 0.15) is 0 Å². The van der Waals surface area contributed by atoms with Gasteiger partial charge in [-0.3, -0.25) is 9.69 Å². The molecule has 28 heavy (non-hydrogen) atoms. The first-order valence-electron chi connectivity index (χ1n) is 8.70. The maximum Gasteiger partial charge on any atom is 0.338 e. The lowest BCUT2D eigenvalue weighted by atomic mass is 10.0. The molecule has 0 radical (unpaired) electrons. The molecule has 1 aliphatic rings. The van der Waals surface area contributed by atoms with E-state index in [1.165, 1.54) is 7.11 Å². The Morgan fingerprint density at radius 2 is 1.39 bits per heavy atom. The maximum absolute atomic E-state index is 13.2. The van der Waals surface area contributed by atoms with E-state index in [9.17, 15) is 9.59 Å². The smallest absolute Gasteiger partial charge is 0.338 e. The van der Waals surface area contributed by atoms with E-state index in [2.05, 4.69) is 22.6 Å². The second kappa shape index (κ2) is 7.59. The average molecular weight is 481 g/mol. The summed E-state index contributed by atoms with van der Waals surface area (Å²) in [5.74, 6) is -0.490. The van der Waals surface area contributed by atoms with Crippen molar-refractivity contribution >= 4 is 49.4 Å². The zero-order chi connectivity index (χ0) is 19.7. The summed E-state index contributed by atoms with van der Waals surface area (Å²) in [5.41, 5.74) is 4.24. The highest BCUT2D eigenvalue weighted by molar-refractivity contribution is 14.1. The van der Waals surface area contributed by atoms with Gasteiger partial charge in [0, 0.05) is 26.0 Å². The number of esters is 1. The van der Waals surface area contributed by atoms with Crippen molar-refractivity contribution in [3.8, 4) is 0 Å². The molecule has 3 aromatic rings. The Kier molecular flexibility index (Phi) is 5.00. The third-order valence-corrected chi connectivity index (χ3v) is 5.72. The van der Waals surface area contributed by atoms with Gasteiger partial charge in [-0.25, -0.2) is 4.79 Å². The SMILES string of the molecule is COC(=O)c1ccccc1/C(I)=C1\c2ccccc2C(=O)N1c1ccccc1. The number of para-hydroxylation sites is 1. The first kappa shape index (κ1) is 18.4. The molecule has 0 N–H and O–H groups in total. The molecule has 0 saturated carbocycles. The zero-order valence-corrected chi connectivity index (χ0v) is 17.2. The minimum atomic E-state index is -0.408. The molecule has 0 unspecified atom stereocenters. The highest BCUT2D eigenvalue weighted by Gasteiger charge is 2.35. The molecule has 0 aliphatic carbocycles. The topological polar surface area (TPSA) is 46.6 Å². The molecular weight excluding hydrogens is 465 g/mol. The largest absolute Gasteiger partial charge is 0.465 e. The van der Waals surface area contributed by atoms with E-state index < -0.39 is 5.97 Å². The molecule has 0 atom stereocenters. The van der Waals surface area contributed by atoms with Gasteiger partial charge >= 0.3 is 5.97 Å². The number of rotatable bonds is 3. The number of hydrogen-bond acceptors (Lipinski definition) is 3. The molecule has 0 saturated heterocycles. The lowest BCUT2D eigenvalue weighted by molar-refractivity contribution is 0.0600. The molecule has 1 amide bonds. The van der Waals surface area contributed by atoms with Crippen LogP contribution >= 0.6 is 22.6 Å². The highest BCUT2D eigenvalue weighted by Crippen LogP contribution is 2.44. The first-order chi connectivity index (χ1) is 13.6. The average Bonchev–Trinajstić information content (AvgIpc) is 3.06. The fraction of sp³-hybridized carbons (Fsp3) is 0.0435. The number of hydrogen-bond donors (Lipinski definition) is 0. The number of fused-ring (bicyclic) bond motifs is 1. The number of benzene rings is 3. The number of carbonyl (C=O) groups is 2. The van der Waals surface area contributed by atoms with Gasteiger partial charge in [0.15, 0.2) is 0 Å². The van der Waals surface area contributed by atoms with Crippen LogP contribution in [0, 0.1) is 0 Å². The molecule has 5 heteroatoms. The molecular formula is C23H16INO3. The lowest BCUT2D eigenvalue weighted by Gasteiger charge is -2.21.